The Labute approximate surface area is 182 Å². The van der Waals surface area contributed by atoms with Gasteiger partial charge in [-0.05, 0) is 37.6 Å². The molecule has 2 atom stereocenters. The van der Waals surface area contributed by atoms with Gasteiger partial charge in [-0.25, -0.2) is 14.2 Å². The molecule has 0 amide bonds. The van der Waals surface area contributed by atoms with E-state index in [1.54, 1.807) is 13.1 Å². The van der Waals surface area contributed by atoms with Crippen LogP contribution >= 0.6 is 0 Å². The van der Waals surface area contributed by atoms with E-state index in [0.717, 1.165) is 5.56 Å². The number of nitrogens with one attached hydrogen (secondary N) is 1. The largest absolute Gasteiger partial charge is 0.483 e. The minimum absolute atomic E-state index is 0.0406. The second kappa shape index (κ2) is 8.43. The number of benzene rings is 2. The summed E-state index contributed by atoms with van der Waals surface area (Å²) in [6, 6.07) is 13.9. The monoisotopic (exact) mass is 438 g/mol. The maximum absolute atomic E-state index is 14.9. The Morgan fingerprint density at radius 3 is 2.53 bits per heavy atom. The zero-order valence-corrected chi connectivity index (χ0v) is 17.9. The van der Waals surface area contributed by atoms with E-state index in [2.05, 4.69) is 9.97 Å². The van der Waals surface area contributed by atoms with Gasteiger partial charge in [0.05, 0.1) is 12.6 Å². The maximum atomic E-state index is 14.9. The molecular formula is C23H23FN4O4. The molecule has 8 nitrogen and oxygen atoms in total. The Kier molecular flexibility index (Phi) is 5.67. The van der Waals surface area contributed by atoms with Crippen LogP contribution in [0.15, 0.2) is 58.1 Å². The van der Waals surface area contributed by atoms with Crippen molar-refractivity contribution in [2.24, 2.45) is 7.05 Å². The van der Waals surface area contributed by atoms with E-state index >= 15 is 0 Å². The van der Waals surface area contributed by atoms with Crippen molar-refractivity contribution in [1.82, 2.24) is 19.1 Å². The molecule has 2 aromatic heterocycles. The van der Waals surface area contributed by atoms with Crippen LogP contribution in [-0.2, 0) is 13.6 Å². The Hall–Kier alpha value is -3.72. The van der Waals surface area contributed by atoms with Crippen molar-refractivity contribution < 1.29 is 14.2 Å². The van der Waals surface area contributed by atoms with Crippen LogP contribution in [0, 0.1) is 5.82 Å². The third kappa shape index (κ3) is 3.94. The van der Waals surface area contributed by atoms with E-state index < -0.39 is 23.2 Å². The highest BCUT2D eigenvalue weighted by Crippen LogP contribution is 2.29. The van der Waals surface area contributed by atoms with Crippen molar-refractivity contribution in [3.63, 3.8) is 0 Å². The highest BCUT2D eigenvalue weighted by atomic mass is 19.1. The van der Waals surface area contributed by atoms with E-state index in [1.807, 2.05) is 37.3 Å². The van der Waals surface area contributed by atoms with Crippen LogP contribution in [0.4, 0.5) is 4.39 Å². The lowest BCUT2D eigenvalue weighted by atomic mass is 10.1. The Morgan fingerprint density at radius 1 is 1.16 bits per heavy atom. The molecule has 2 N–H and O–H groups in total. The summed E-state index contributed by atoms with van der Waals surface area (Å²) < 4.78 is 23.3. The molecule has 166 valence electrons. The fourth-order valence-corrected chi connectivity index (χ4v) is 3.66. The second-order valence-corrected chi connectivity index (χ2v) is 7.70. The first-order valence-corrected chi connectivity index (χ1v) is 10.2. The first-order valence-electron chi connectivity index (χ1n) is 10.2. The van der Waals surface area contributed by atoms with Gasteiger partial charge in [0.1, 0.15) is 11.9 Å². The molecule has 0 saturated heterocycles. The number of aliphatic hydroxyl groups excluding tert-OH is 1. The molecule has 0 fully saturated rings. The highest BCUT2D eigenvalue weighted by molar-refractivity contribution is 5.77. The normalized spacial score (nSPS) is 13.3. The molecule has 0 saturated carbocycles. The lowest BCUT2D eigenvalue weighted by Gasteiger charge is -2.16. The number of aliphatic hydroxyl groups is 1. The quantitative estimate of drug-likeness (QED) is 0.482. The molecule has 2 unspecified atom stereocenters. The number of nitrogens with zero attached hydrogens (tertiary/aromatic N) is 3. The van der Waals surface area contributed by atoms with Crippen LogP contribution in [0.5, 0.6) is 5.75 Å². The molecule has 9 heteroatoms. The van der Waals surface area contributed by atoms with Gasteiger partial charge in [-0.1, -0.05) is 30.3 Å². The van der Waals surface area contributed by atoms with Crippen LogP contribution in [-0.4, -0.2) is 30.3 Å². The number of imidazole rings is 1. The maximum Gasteiger partial charge on any atom is 0.330 e. The molecule has 4 rings (SSSR count). The second-order valence-electron chi connectivity index (χ2n) is 7.70. The molecule has 0 radical (unpaired) electrons. The standard InChI is InChI=1S/C23H23FN4O4/c1-13(29)12-28-21-19(22(30)26-23(28)31)27(3)20(25-21)16-9-10-18(17(24)11-16)32-14(2)15-7-5-4-6-8-15/h4-11,13-14,29H,12H2,1-3H3,(H,26,30,31). The number of rotatable bonds is 6. The van der Waals surface area contributed by atoms with Crippen molar-refractivity contribution in [3.05, 3.63) is 80.7 Å². The predicted molar refractivity (Wildman–Crippen MR) is 118 cm³/mol. The number of fused-ring (bicyclic) bond motifs is 1. The molecule has 0 aliphatic carbocycles. The summed E-state index contributed by atoms with van der Waals surface area (Å²) in [6.07, 6.45) is -1.17. The van der Waals surface area contributed by atoms with E-state index in [4.69, 9.17) is 4.74 Å². The van der Waals surface area contributed by atoms with Gasteiger partial charge in [-0.3, -0.25) is 14.3 Å². The third-order valence-corrected chi connectivity index (χ3v) is 5.22. The summed E-state index contributed by atoms with van der Waals surface area (Å²) in [7, 11) is 1.61. The van der Waals surface area contributed by atoms with E-state index in [9.17, 15) is 19.1 Å². The zero-order valence-electron chi connectivity index (χ0n) is 17.9. The topological polar surface area (TPSA) is 102 Å². The van der Waals surface area contributed by atoms with Gasteiger partial charge in [0.2, 0.25) is 0 Å². The van der Waals surface area contributed by atoms with Crippen molar-refractivity contribution in [1.29, 1.82) is 0 Å². The zero-order chi connectivity index (χ0) is 23.0. The van der Waals surface area contributed by atoms with Gasteiger partial charge >= 0.3 is 5.69 Å². The van der Waals surface area contributed by atoms with Gasteiger partial charge in [-0.15, -0.1) is 0 Å². The van der Waals surface area contributed by atoms with Gasteiger partial charge in [0, 0.05) is 12.6 Å². The molecule has 32 heavy (non-hydrogen) atoms. The molecule has 2 aromatic carbocycles. The molecule has 0 spiro atoms. The Bertz CT molecular complexity index is 1390. The van der Waals surface area contributed by atoms with Crippen LogP contribution in [0.25, 0.3) is 22.6 Å². The fraction of sp³-hybridized carbons (Fsp3) is 0.261. The summed E-state index contributed by atoms with van der Waals surface area (Å²) in [6.45, 7) is 3.32. The summed E-state index contributed by atoms with van der Waals surface area (Å²) in [5.41, 5.74) is 0.329. The fourth-order valence-electron chi connectivity index (χ4n) is 3.66. The van der Waals surface area contributed by atoms with Gasteiger partial charge < -0.3 is 14.4 Å². The van der Waals surface area contributed by atoms with Crippen molar-refractivity contribution in [3.8, 4) is 17.1 Å². The van der Waals surface area contributed by atoms with E-state index in [1.165, 1.54) is 28.2 Å². The van der Waals surface area contributed by atoms with E-state index in [0.29, 0.717) is 11.4 Å². The van der Waals surface area contributed by atoms with Crippen molar-refractivity contribution in [2.45, 2.75) is 32.6 Å². The summed E-state index contributed by atoms with van der Waals surface area (Å²) in [5.74, 6) is -0.183. The third-order valence-electron chi connectivity index (χ3n) is 5.22. The number of aromatic nitrogens is 4. The molecule has 4 aromatic rings. The number of halogens is 1. The first-order chi connectivity index (χ1) is 15.3. The Morgan fingerprint density at radius 2 is 1.88 bits per heavy atom. The molecule has 0 bridgehead atoms. The van der Waals surface area contributed by atoms with Crippen LogP contribution in [0.2, 0.25) is 0 Å². The Balaban J connectivity index is 1.74. The average Bonchev–Trinajstić information content (AvgIpc) is 3.10. The summed E-state index contributed by atoms with van der Waals surface area (Å²) in [4.78, 5) is 31.3. The number of H-pyrrole nitrogens is 1. The van der Waals surface area contributed by atoms with Crippen molar-refractivity contribution >= 4 is 11.2 Å². The van der Waals surface area contributed by atoms with Gasteiger partial charge in [0.15, 0.2) is 22.7 Å². The smallest absolute Gasteiger partial charge is 0.330 e. The molecule has 2 heterocycles. The number of ether oxygens (including phenoxy) is 1. The number of aryl methyl sites for hydroxylation is 1. The first kappa shape index (κ1) is 21.5. The summed E-state index contributed by atoms with van der Waals surface area (Å²) >= 11 is 0. The average molecular weight is 438 g/mol. The molecule has 0 aliphatic rings. The number of aromatic amines is 1. The van der Waals surface area contributed by atoms with Crippen molar-refractivity contribution in [2.75, 3.05) is 0 Å². The lowest BCUT2D eigenvalue weighted by Crippen LogP contribution is -2.33. The molecular weight excluding hydrogens is 415 g/mol. The predicted octanol–water partition coefficient (Wildman–Crippen LogP) is 2.75. The van der Waals surface area contributed by atoms with E-state index in [-0.39, 0.29) is 29.6 Å². The van der Waals surface area contributed by atoms with Crippen LogP contribution in [0.1, 0.15) is 25.5 Å². The SMILES string of the molecule is CC(O)Cn1c(=O)[nH]c(=O)c2c1nc(-c1ccc(OC(C)c3ccccc3)c(F)c1)n2C. The number of hydrogen-bond donors (Lipinski definition) is 2. The summed E-state index contributed by atoms with van der Waals surface area (Å²) in [5, 5.41) is 9.72. The minimum Gasteiger partial charge on any atom is -0.483 e. The van der Waals surface area contributed by atoms with Crippen LogP contribution in [0.3, 0.4) is 0 Å². The van der Waals surface area contributed by atoms with Gasteiger partial charge in [0.25, 0.3) is 5.56 Å². The van der Waals surface area contributed by atoms with Gasteiger partial charge in [-0.2, -0.15) is 0 Å². The molecule has 0 aliphatic heterocycles. The lowest BCUT2D eigenvalue weighted by molar-refractivity contribution is 0.173. The number of hydrogen-bond acceptors (Lipinski definition) is 5. The highest BCUT2D eigenvalue weighted by Gasteiger charge is 2.20. The minimum atomic E-state index is -0.826. The van der Waals surface area contributed by atoms with Crippen LogP contribution < -0.4 is 16.0 Å².